The summed E-state index contributed by atoms with van der Waals surface area (Å²) >= 11 is 6.27. The lowest BCUT2D eigenvalue weighted by Gasteiger charge is -2.35. The zero-order valence-electron chi connectivity index (χ0n) is 20.7. The molecule has 0 aliphatic carbocycles. The Kier molecular flexibility index (Phi) is 7.18. The number of nitrogens with two attached hydrogens (primary N) is 1. The summed E-state index contributed by atoms with van der Waals surface area (Å²) in [5, 5.41) is 5.36. The van der Waals surface area contributed by atoms with Crippen LogP contribution in [-0.4, -0.2) is 57.3 Å². The second kappa shape index (κ2) is 10.4. The minimum atomic E-state index is -0.819. The van der Waals surface area contributed by atoms with E-state index in [1.165, 1.54) is 0 Å². The van der Waals surface area contributed by atoms with Crippen molar-refractivity contribution in [2.75, 3.05) is 35.5 Å². The van der Waals surface area contributed by atoms with Crippen LogP contribution in [0.15, 0.2) is 30.5 Å². The zero-order valence-corrected chi connectivity index (χ0v) is 22.3. The van der Waals surface area contributed by atoms with Gasteiger partial charge in [0, 0.05) is 54.8 Å². The van der Waals surface area contributed by atoms with Crippen LogP contribution in [0.4, 0.5) is 11.5 Å². The molecule has 0 spiro atoms. The van der Waals surface area contributed by atoms with Crippen LogP contribution >= 0.6 is 11.6 Å². The highest BCUT2D eigenvalue weighted by Gasteiger charge is 2.32. The third-order valence-electron chi connectivity index (χ3n) is 7.13. The molecule has 4 N–H and O–H groups in total. The second-order valence-electron chi connectivity index (χ2n) is 9.66. The number of aromatic nitrogens is 3. The summed E-state index contributed by atoms with van der Waals surface area (Å²) < 4.78 is 12.9. The molecule has 0 bridgehead atoms. The maximum Gasteiger partial charge on any atom is 0.256 e. The molecule has 1 aromatic carbocycles. The number of fused-ring (bicyclic) bond motifs is 1. The fourth-order valence-electron chi connectivity index (χ4n) is 5.42. The number of nitrogens with one attached hydrogen (secondary N) is 2. The molecule has 3 atom stereocenters. The molecule has 1 amide bonds. The molecule has 36 heavy (non-hydrogen) atoms. The maximum atomic E-state index is 13.8. The van der Waals surface area contributed by atoms with Crippen molar-refractivity contribution in [2.45, 2.75) is 51.1 Å². The van der Waals surface area contributed by atoms with E-state index in [9.17, 15) is 4.79 Å². The molecule has 9 nitrogen and oxygen atoms in total. The normalized spacial score (nSPS) is 21.2. The Morgan fingerprint density at radius 2 is 2.08 bits per heavy atom. The van der Waals surface area contributed by atoms with Crippen LogP contribution in [0.2, 0.25) is 5.02 Å². The number of amides is 1. The van der Waals surface area contributed by atoms with Crippen molar-refractivity contribution in [1.82, 2.24) is 19.5 Å². The van der Waals surface area contributed by atoms with E-state index in [0.29, 0.717) is 35.4 Å². The molecular formula is C25H33ClN8OS. The third-order valence-corrected chi connectivity index (χ3v) is 7.89. The fourth-order valence-corrected chi connectivity index (χ4v) is 6.10. The predicted molar refractivity (Wildman–Crippen MR) is 146 cm³/mol. The highest BCUT2D eigenvalue weighted by molar-refractivity contribution is 7.86. The highest BCUT2D eigenvalue weighted by atomic mass is 35.5. The van der Waals surface area contributed by atoms with Gasteiger partial charge in [-0.2, -0.15) is 5.10 Å². The molecule has 2 fully saturated rings. The van der Waals surface area contributed by atoms with Gasteiger partial charge in [0.25, 0.3) is 5.91 Å². The molecule has 3 aromatic rings. The highest BCUT2D eigenvalue weighted by Crippen LogP contribution is 2.34. The SMILES string of the molecule is Cc1cn2nc(C3CCCCN3C(=O)c3cc(Cl)ccc3NS(C)=N)cc2nc1N1CCCC1CN. The number of anilines is 2. The molecule has 11 heteroatoms. The molecule has 5 rings (SSSR count). The van der Waals surface area contributed by atoms with Crippen LogP contribution < -0.4 is 15.4 Å². The van der Waals surface area contributed by atoms with Crippen LogP contribution in [0, 0.1) is 11.7 Å². The first-order valence-corrected chi connectivity index (χ1v) is 14.4. The van der Waals surface area contributed by atoms with E-state index in [1.807, 2.05) is 21.7 Å². The van der Waals surface area contributed by atoms with E-state index in [0.717, 1.165) is 61.4 Å². The van der Waals surface area contributed by atoms with Gasteiger partial charge in [0.15, 0.2) is 5.65 Å². The smallest absolute Gasteiger partial charge is 0.256 e. The minimum Gasteiger partial charge on any atom is -0.352 e. The number of nitrogens with zero attached hydrogens (tertiary/aromatic N) is 5. The van der Waals surface area contributed by atoms with Gasteiger partial charge in [-0.1, -0.05) is 11.6 Å². The Labute approximate surface area is 219 Å². The molecular weight excluding hydrogens is 496 g/mol. The first-order valence-electron chi connectivity index (χ1n) is 12.4. The number of hydrogen-bond donors (Lipinski definition) is 3. The number of carbonyl (C=O) groups is 1. The summed E-state index contributed by atoms with van der Waals surface area (Å²) in [5.41, 5.74) is 9.82. The van der Waals surface area contributed by atoms with Gasteiger partial charge >= 0.3 is 0 Å². The second-order valence-corrected chi connectivity index (χ2v) is 11.3. The molecule has 4 heterocycles. The van der Waals surface area contributed by atoms with Crippen molar-refractivity contribution >= 4 is 45.5 Å². The first-order chi connectivity index (χ1) is 17.4. The van der Waals surface area contributed by atoms with Crippen molar-refractivity contribution in [3.8, 4) is 0 Å². The van der Waals surface area contributed by atoms with Crippen LogP contribution in [-0.2, 0) is 10.9 Å². The quantitative estimate of drug-likeness (QED) is 0.438. The monoisotopic (exact) mass is 528 g/mol. The molecule has 2 aliphatic heterocycles. The molecule has 2 aromatic heterocycles. The topological polar surface area (TPSA) is 116 Å². The van der Waals surface area contributed by atoms with Gasteiger partial charge in [-0.25, -0.2) is 9.50 Å². The summed E-state index contributed by atoms with van der Waals surface area (Å²) in [6.45, 7) is 4.29. The number of rotatable bonds is 6. The maximum absolute atomic E-state index is 13.8. The molecule has 0 radical (unpaired) electrons. The minimum absolute atomic E-state index is 0.0973. The van der Waals surface area contributed by atoms with Crippen LogP contribution in [0.1, 0.15) is 59.8 Å². The van der Waals surface area contributed by atoms with Crippen molar-refractivity contribution in [3.05, 3.63) is 52.3 Å². The average Bonchev–Trinajstić information content (AvgIpc) is 3.50. The van der Waals surface area contributed by atoms with Gasteiger partial charge in [0.2, 0.25) is 0 Å². The Morgan fingerprint density at radius 3 is 2.86 bits per heavy atom. The van der Waals surface area contributed by atoms with Crippen molar-refractivity contribution < 1.29 is 4.79 Å². The van der Waals surface area contributed by atoms with Crippen molar-refractivity contribution in [2.24, 2.45) is 5.73 Å². The number of halogens is 1. The third kappa shape index (κ3) is 4.81. The average molecular weight is 529 g/mol. The Bertz CT molecular complexity index is 1310. The van der Waals surface area contributed by atoms with Gasteiger partial charge in [-0.05, 0) is 68.1 Å². The Balaban J connectivity index is 1.49. The lowest BCUT2D eigenvalue weighted by molar-refractivity contribution is 0.0607. The van der Waals surface area contributed by atoms with E-state index < -0.39 is 10.9 Å². The van der Waals surface area contributed by atoms with E-state index in [4.69, 9.17) is 32.2 Å². The van der Waals surface area contributed by atoms with Gasteiger partial charge < -0.3 is 20.3 Å². The lowest BCUT2D eigenvalue weighted by Crippen LogP contribution is -2.39. The summed E-state index contributed by atoms with van der Waals surface area (Å²) in [5.74, 6) is 0.873. The summed E-state index contributed by atoms with van der Waals surface area (Å²) in [6.07, 6.45) is 8.79. The number of hydrogen-bond acceptors (Lipinski definition) is 6. The van der Waals surface area contributed by atoms with Gasteiger partial charge in [0.05, 0.1) is 23.0 Å². The number of likely N-dealkylation sites (tertiary alicyclic amines) is 1. The molecule has 0 saturated carbocycles. The van der Waals surface area contributed by atoms with E-state index in [-0.39, 0.29) is 11.9 Å². The van der Waals surface area contributed by atoms with Gasteiger partial charge in [0.1, 0.15) is 5.82 Å². The van der Waals surface area contributed by atoms with Crippen molar-refractivity contribution in [3.63, 3.8) is 0 Å². The standard InChI is InChI=1S/C25H33ClN8OS/c1-16-15-34-23(29-24(16)32-11-5-6-18(32)14-27)13-21(30-34)22-7-3-4-10-33(22)25(35)19-12-17(26)8-9-20(19)31-36(2)28/h8-9,12-13,15,18,22H,3-7,10-11,14,27H2,1-2H3,(H2,28,31). The van der Waals surface area contributed by atoms with E-state index >= 15 is 0 Å². The van der Waals surface area contributed by atoms with Gasteiger partial charge in [-0.15, -0.1) is 0 Å². The number of aryl methyl sites for hydroxylation is 1. The fraction of sp³-hybridized carbons (Fsp3) is 0.480. The lowest BCUT2D eigenvalue weighted by atomic mass is 9.98. The van der Waals surface area contributed by atoms with Crippen LogP contribution in [0.3, 0.4) is 0 Å². The van der Waals surface area contributed by atoms with Crippen LogP contribution in [0.25, 0.3) is 5.65 Å². The number of piperidine rings is 1. The molecule has 192 valence electrons. The zero-order chi connectivity index (χ0) is 25.4. The van der Waals surface area contributed by atoms with E-state index in [1.54, 1.807) is 24.5 Å². The van der Waals surface area contributed by atoms with Gasteiger partial charge in [-0.3, -0.25) is 9.57 Å². The van der Waals surface area contributed by atoms with Crippen molar-refractivity contribution in [1.29, 1.82) is 4.78 Å². The summed E-state index contributed by atoms with van der Waals surface area (Å²) in [4.78, 5) is 23.0. The first kappa shape index (κ1) is 25.0. The Hall–Kier alpha value is -2.69. The number of carbonyl (C=O) groups excluding carboxylic acids is 1. The largest absolute Gasteiger partial charge is 0.352 e. The molecule has 2 saturated heterocycles. The predicted octanol–water partition coefficient (Wildman–Crippen LogP) is 4.32. The summed E-state index contributed by atoms with van der Waals surface area (Å²) in [7, 11) is -0.819. The van der Waals surface area contributed by atoms with Crippen LogP contribution in [0.5, 0.6) is 0 Å². The molecule has 3 unspecified atom stereocenters. The Morgan fingerprint density at radius 1 is 1.25 bits per heavy atom. The molecule has 2 aliphatic rings. The summed E-state index contributed by atoms with van der Waals surface area (Å²) in [6, 6.07) is 7.39. The number of benzene rings is 1. The van der Waals surface area contributed by atoms with E-state index in [2.05, 4.69) is 16.5 Å².